The molecule has 0 bridgehead atoms. The molecule has 31 heavy (non-hydrogen) atoms. The fourth-order valence-electron chi connectivity index (χ4n) is 3.21. The van der Waals surface area contributed by atoms with Crippen molar-refractivity contribution in [2.75, 3.05) is 0 Å². The zero-order valence-corrected chi connectivity index (χ0v) is 17.7. The first-order valence-corrected chi connectivity index (χ1v) is 10.7. The molecule has 5 nitrogen and oxygen atoms in total. The van der Waals surface area contributed by atoms with Crippen LogP contribution >= 0.6 is 11.3 Å². The average molecular weight is 426 g/mol. The van der Waals surface area contributed by atoms with E-state index in [1.807, 2.05) is 91.9 Å². The molecule has 3 aromatic carbocycles. The van der Waals surface area contributed by atoms with Crippen molar-refractivity contribution in [1.82, 2.24) is 14.6 Å². The van der Waals surface area contributed by atoms with E-state index < -0.39 is 0 Å². The van der Waals surface area contributed by atoms with Crippen molar-refractivity contribution in [3.63, 3.8) is 0 Å². The molecule has 0 fully saturated rings. The van der Waals surface area contributed by atoms with E-state index in [1.165, 1.54) is 21.4 Å². The summed E-state index contributed by atoms with van der Waals surface area (Å²) >= 11 is 1.34. The third-order valence-electron chi connectivity index (χ3n) is 4.92. The monoisotopic (exact) mass is 425 g/mol. The Balaban J connectivity index is 1.37. The number of aryl methyl sites for hydroxylation is 1. The molecule has 0 saturated heterocycles. The van der Waals surface area contributed by atoms with E-state index in [1.54, 1.807) is 0 Å². The Labute approximate surface area is 182 Å². The highest BCUT2D eigenvalue weighted by atomic mass is 32.1. The van der Waals surface area contributed by atoms with Gasteiger partial charge < -0.3 is 4.74 Å². The van der Waals surface area contributed by atoms with Crippen LogP contribution in [-0.4, -0.2) is 14.6 Å². The second-order valence-corrected chi connectivity index (χ2v) is 8.26. The molecule has 0 aliphatic heterocycles. The summed E-state index contributed by atoms with van der Waals surface area (Å²) in [5.41, 5.74) is 3.96. The summed E-state index contributed by atoms with van der Waals surface area (Å²) in [5, 5.41) is 4.41. The van der Waals surface area contributed by atoms with Crippen LogP contribution in [0.5, 0.6) is 5.75 Å². The van der Waals surface area contributed by atoms with Crippen molar-refractivity contribution in [1.29, 1.82) is 0 Å². The van der Waals surface area contributed by atoms with Crippen LogP contribution in [0.4, 0.5) is 0 Å². The minimum atomic E-state index is -0.157. The Morgan fingerprint density at radius 2 is 1.71 bits per heavy atom. The van der Waals surface area contributed by atoms with Crippen molar-refractivity contribution < 1.29 is 4.74 Å². The molecule has 2 aromatic heterocycles. The summed E-state index contributed by atoms with van der Waals surface area (Å²) in [5.74, 6) is 1.35. The number of aromatic nitrogens is 3. The molecule has 5 aromatic rings. The summed E-state index contributed by atoms with van der Waals surface area (Å²) in [4.78, 5) is 17.9. The lowest BCUT2D eigenvalue weighted by molar-refractivity contribution is 0.306. The van der Waals surface area contributed by atoms with Gasteiger partial charge in [0.25, 0.3) is 5.56 Å². The molecule has 0 amide bonds. The predicted molar refractivity (Wildman–Crippen MR) is 123 cm³/mol. The number of hydrogen-bond acceptors (Lipinski definition) is 5. The van der Waals surface area contributed by atoms with Gasteiger partial charge in [-0.3, -0.25) is 4.79 Å². The first-order chi connectivity index (χ1) is 15.2. The minimum Gasteiger partial charge on any atom is -0.489 e. The molecular formula is C25H19N3O2S. The molecule has 6 heteroatoms. The first-order valence-electron chi connectivity index (χ1n) is 9.91. The highest BCUT2D eigenvalue weighted by Crippen LogP contribution is 2.18. The molecule has 0 unspecified atom stereocenters. The van der Waals surface area contributed by atoms with E-state index in [-0.39, 0.29) is 5.56 Å². The van der Waals surface area contributed by atoms with Crippen molar-refractivity contribution in [2.24, 2.45) is 0 Å². The van der Waals surface area contributed by atoms with E-state index in [0.29, 0.717) is 21.9 Å². The van der Waals surface area contributed by atoms with Crippen LogP contribution in [0.2, 0.25) is 0 Å². The van der Waals surface area contributed by atoms with Crippen molar-refractivity contribution in [3.05, 3.63) is 110 Å². The molecule has 0 saturated carbocycles. The number of nitrogens with zero attached hydrogens (tertiary/aromatic N) is 3. The van der Waals surface area contributed by atoms with Gasteiger partial charge in [-0.15, -0.1) is 5.10 Å². The van der Waals surface area contributed by atoms with Crippen LogP contribution in [0.25, 0.3) is 22.4 Å². The van der Waals surface area contributed by atoms with E-state index >= 15 is 0 Å². The quantitative estimate of drug-likeness (QED) is 0.422. The fourth-order valence-corrected chi connectivity index (χ4v) is 4.12. The zero-order valence-electron chi connectivity index (χ0n) is 16.9. The van der Waals surface area contributed by atoms with Crippen LogP contribution < -0.4 is 14.8 Å². The lowest BCUT2D eigenvalue weighted by atomic mass is 10.1. The normalized spacial score (nSPS) is 11.8. The van der Waals surface area contributed by atoms with E-state index in [4.69, 9.17) is 4.74 Å². The Kier molecular flexibility index (Phi) is 5.06. The van der Waals surface area contributed by atoms with Gasteiger partial charge in [0.05, 0.1) is 4.53 Å². The molecule has 0 atom stereocenters. The standard InChI is InChI=1S/C25H19N3O2S/c1-17-7-11-20(12-8-17)23-26-25-28(27-23)24(29)22(31-25)15-18-9-13-21(14-10-18)30-16-19-5-3-2-4-6-19/h2-15H,16H2,1H3/b22-15+. The molecule has 0 N–H and O–H groups in total. The molecule has 0 radical (unpaired) electrons. The maximum absolute atomic E-state index is 12.8. The summed E-state index contributed by atoms with van der Waals surface area (Å²) < 4.78 is 7.80. The third kappa shape index (κ3) is 4.11. The minimum absolute atomic E-state index is 0.157. The third-order valence-corrected chi connectivity index (χ3v) is 5.88. The van der Waals surface area contributed by atoms with Gasteiger partial charge in [0.2, 0.25) is 4.96 Å². The molecular weight excluding hydrogens is 406 g/mol. The highest BCUT2D eigenvalue weighted by Gasteiger charge is 2.11. The summed E-state index contributed by atoms with van der Waals surface area (Å²) in [7, 11) is 0. The number of hydrogen-bond donors (Lipinski definition) is 0. The highest BCUT2D eigenvalue weighted by molar-refractivity contribution is 7.15. The van der Waals surface area contributed by atoms with Gasteiger partial charge in [-0.25, -0.2) is 0 Å². The smallest absolute Gasteiger partial charge is 0.291 e. The summed E-state index contributed by atoms with van der Waals surface area (Å²) in [6.45, 7) is 2.55. The fraction of sp³-hybridized carbons (Fsp3) is 0.0800. The van der Waals surface area contributed by atoms with Gasteiger partial charge in [0.1, 0.15) is 12.4 Å². The van der Waals surface area contributed by atoms with Crippen LogP contribution in [0.1, 0.15) is 16.7 Å². The van der Waals surface area contributed by atoms with Gasteiger partial charge >= 0.3 is 0 Å². The SMILES string of the molecule is Cc1ccc(-c2nc3s/c(=C/c4ccc(OCc5ccccc5)cc4)c(=O)n3n2)cc1. The number of rotatable bonds is 5. The average Bonchev–Trinajstić information content (AvgIpc) is 3.34. The Morgan fingerprint density at radius 3 is 2.42 bits per heavy atom. The lowest BCUT2D eigenvalue weighted by Gasteiger charge is -2.06. The van der Waals surface area contributed by atoms with Gasteiger partial charge in [-0.1, -0.05) is 83.6 Å². The Morgan fingerprint density at radius 1 is 0.968 bits per heavy atom. The van der Waals surface area contributed by atoms with Gasteiger partial charge in [-0.05, 0) is 36.3 Å². The summed E-state index contributed by atoms with van der Waals surface area (Å²) in [6, 6.07) is 25.7. The van der Waals surface area contributed by atoms with Crippen molar-refractivity contribution >= 4 is 22.4 Å². The zero-order chi connectivity index (χ0) is 21.2. The van der Waals surface area contributed by atoms with E-state index in [9.17, 15) is 4.79 Å². The molecule has 5 rings (SSSR count). The maximum atomic E-state index is 12.8. The number of fused-ring (bicyclic) bond motifs is 1. The number of thiazole rings is 1. The second-order valence-electron chi connectivity index (χ2n) is 7.25. The first kappa shape index (κ1) is 19.2. The molecule has 2 heterocycles. The number of benzene rings is 3. The van der Waals surface area contributed by atoms with E-state index in [0.717, 1.165) is 22.4 Å². The van der Waals surface area contributed by atoms with Crippen LogP contribution in [0, 0.1) is 6.92 Å². The van der Waals surface area contributed by atoms with Crippen LogP contribution in [0.3, 0.4) is 0 Å². The van der Waals surface area contributed by atoms with Crippen LogP contribution in [-0.2, 0) is 6.61 Å². The van der Waals surface area contributed by atoms with Gasteiger partial charge in [-0.2, -0.15) is 9.50 Å². The Hall–Kier alpha value is -3.77. The molecule has 0 aliphatic carbocycles. The molecule has 0 aliphatic rings. The van der Waals surface area contributed by atoms with Crippen molar-refractivity contribution in [3.8, 4) is 17.1 Å². The Bertz CT molecular complexity index is 1440. The topological polar surface area (TPSA) is 56.5 Å². The largest absolute Gasteiger partial charge is 0.489 e. The molecule has 152 valence electrons. The predicted octanol–water partition coefficient (Wildman–Crippen LogP) is 4.25. The van der Waals surface area contributed by atoms with Crippen molar-refractivity contribution in [2.45, 2.75) is 13.5 Å². The summed E-state index contributed by atoms with van der Waals surface area (Å²) in [6.07, 6.45) is 1.86. The van der Waals surface area contributed by atoms with E-state index in [2.05, 4.69) is 10.1 Å². The van der Waals surface area contributed by atoms with Gasteiger partial charge in [0, 0.05) is 5.56 Å². The van der Waals surface area contributed by atoms with Gasteiger partial charge in [0.15, 0.2) is 5.82 Å². The maximum Gasteiger partial charge on any atom is 0.291 e. The second kappa shape index (κ2) is 8.16. The van der Waals surface area contributed by atoms with Crippen LogP contribution in [0.15, 0.2) is 83.7 Å². The number of ether oxygens (including phenoxy) is 1. The molecule has 0 spiro atoms. The lowest BCUT2D eigenvalue weighted by Crippen LogP contribution is -2.23.